The van der Waals surface area contributed by atoms with Crippen molar-refractivity contribution in [3.63, 3.8) is 0 Å². The van der Waals surface area contributed by atoms with E-state index in [1.54, 1.807) is 6.07 Å². The summed E-state index contributed by atoms with van der Waals surface area (Å²) in [5.74, 6) is -0.174. The molecule has 2 rings (SSSR count). The monoisotopic (exact) mass is 253 g/mol. The van der Waals surface area contributed by atoms with Crippen LogP contribution < -0.4 is 0 Å². The van der Waals surface area contributed by atoms with Crippen molar-refractivity contribution in [3.8, 4) is 0 Å². The van der Waals surface area contributed by atoms with Gasteiger partial charge in [0, 0.05) is 13.1 Å². The lowest BCUT2D eigenvalue weighted by atomic mass is 10.1. The second kappa shape index (κ2) is 7.49. The Hall–Kier alpha value is -0.930. The first-order chi connectivity index (χ1) is 8.63. The average Bonchev–Trinajstić information content (AvgIpc) is 2.30. The van der Waals surface area contributed by atoms with Crippen LogP contribution >= 0.6 is 0 Å². The second-order valence-electron chi connectivity index (χ2n) is 4.67. The quantitative estimate of drug-likeness (QED) is 0.875. The highest BCUT2D eigenvalue weighted by Crippen LogP contribution is 2.15. The van der Waals surface area contributed by atoms with Crippen LogP contribution in [0.15, 0.2) is 18.2 Å². The Balaban J connectivity index is 0.000000771. The molecule has 0 spiro atoms. The van der Waals surface area contributed by atoms with Crippen molar-refractivity contribution >= 4 is 0 Å². The first kappa shape index (κ1) is 15.1. The van der Waals surface area contributed by atoms with Crippen LogP contribution in [-0.4, -0.2) is 29.2 Å². The number of rotatable bonds is 2. The zero-order valence-corrected chi connectivity index (χ0v) is 11.6. The molecule has 1 aromatic rings. The van der Waals surface area contributed by atoms with E-state index in [-0.39, 0.29) is 11.9 Å². The molecule has 1 N–H and O–H groups in total. The molecule has 0 saturated carbocycles. The summed E-state index contributed by atoms with van der Waals surface area (Å²) in [5.41, 5.74) is 1.94. The molecule has 0 aromatic heterocycles. The summed E-state index contributed by atoms with van der Waals surface area (Å²) in [6.07, 6.45) is 1.69. The van der Waals surface area contributed by atoms with E-state index in [1.807, 2.05) is 26.8 Å². The Kier molecular flexibility index (Phi) is 6.30. The number of halogens is 1. The van der Waals surface area contributed by atoms with Gasteiger partial charge in [-0.1, -0.05) is 19.9 Å². The molecule has 102 valence electrons. The minimum Gasteiger partial charge on any atom is -0.392 e. The number of hydrogen-bond donors (Lipinski definition) is 1. The summed E-state index contributed by atoms with van der Waals surface area (Å²) in [6.45, 7) is 8.33. The van der Waals surface area contributed by atoms with Crippen molar-refractivity contribution < 1.29 is 9.50 Å². The molecule has 3 heteroatoms. The van der Waals surface area contributed by atoms with Crippen molar-refractivity contribution in [1.82, 2.24) is 4.90 Å². The fraction of sp³-hybridized carbons (Fsp3) is 0.600. The molecule has 1 fully saturated rings. The van der Waals surface area contributed by atoms with Gasteiger partial charge >= 0.3 is 0 Å². The maximum atomic E-state index is 13.2. The molecule has 18 heavy (non-hydrogen) atoms. The Morgan fingerprint density at radius 3 is 2.67 bits per heavy atom. The smallest absolute Gasteiger partial charge is 0.123 e. The number of β-amino-alcohol motifs (C(OH)–C–C–N with tert-alkyl or cyclic N) is 1. The Labute approximate surface area is 109 Å². The number of aryl methyl sites for hydroxylation is 1. The van der Waals surface area contributed by atoms with Gasteiger partial charge in [0.25, 0.3) is 0 Å². The summed E-state index contributed by atoms with van der Waals surface area (Å²) >= 11 is 0. The minimum absolute atomic E-state index is 0.174. The number of piperidine rings is 1. The molecule has 0 amide bonds. The third-order valence-electron chi connectivity index (χ3n) is 2.99. The molecule has 1 aromatic carbocycles. The first-order valence-electron chi connectivity index (χ1n) is 6.80. The van der Waals surface area contributed by atoms with Crippen LogP contribution in [0.2, 0.25) is 0 Å². The van der Waals surface area contributed by atoms with Gasteiger partial charge < -0.3 is 5.11 Å². The fourth-order valence-electron chi connectivity index (χ4n) is 2.34. The van der Waals surface area contributed by atoms with E-state index in [0.717, 1.165) is 37.1 Å². The van der Waals surface area contributed by atoms with Gasteiger partial charge in [-0.2, -0.15) is 0 Å². The van der Waals surface area contributed by atoms with Gasteiger partial charge in [0.1, 0.15) is 5.82 Å². The van der Waals surface area contributed by atoms with E-state index in [2.05, 4.69) is 4.90 Å². The van der Waals surface area contributed by atoms with Gasteiger partial charge in [-0.05, 0) is 49.6 Å². The van der Waals surface area contributed by atoms with E-state index in [9.17, 15) is 9.50 Å². The summed E-state index contributed by atoms with van der Waals surface area (Å²) < 4.78 is 13.2. The van der Waals surface area contributed by atoms with Gasteiger partial charge in [-0.15, -0.1) is 0 Å². The number of hydrogen-bond acceptors (Lipinski definition) is 2. The predicted octanol–water partition coefficient (Wildman–Crippen LogP) is 3.12. The van der Waals surface area contributed by atoms with Crippen LogP contribution in [0.1, 0.15) is 37.8 Å². The molecule has 1 unspecified atom stereocenters. The average molecular weight is 253 g/mol. The minimum atomic E-state index is -0.219. The van der Waals surface area contributed by atoms with Crippen molar-refractivity contribution in [3.05, 3.63) is 35.1 Å². The van der Waals surface area contributed by atoms with Crippen LogP contribution in [0.4, 0.5) is 4.39 Å². The predicted molar refractivity (Wildman–Crippen MR) is 73.0 cm³/mol. The molecule has 0 bridgehead atoms. The van der Waals surface area contributed by atoms with Crippen molar-refractivity contribution in [2.45, 2.75) is 46.3 Å². The van der Waals surface area contributed by atoms with Crippen LogP contribution in [0.3, 0.4) is 0 Å². The van der Waals surface area contributed by atoms with Gasteiger partial charge in [-0.3, -0.25) is 4.90 Å². The van der Waals surface area contributed by atoms with E-state index in [4.69, 9.17) is 0 Å². The maximum absolute atomic E-state index is 13.2. The molecule has 1 heterocycles. The zero-order valence-electron chi connectivity index (χ0n) is 11.6. The molecule has 2 nitrogen and oxygen atoms in total. The molecule has 0 aliphatic carbocycles. The van der Waals surface area contributed by atoms with Crippen molar-refractivity contribution in [2.75, 3.05) is 13.1 Å². The van der Waals surface area contributed by atoms with Crippen LogP contribution in [0.25, 0.3) is 0 Å². The zero-order chi connectivity index (χ0) is 13.5. The number of nitrogens with zero attached hydrogens (tertiary/aromatic N) is 1. The van der Waals surface area contributed by atoms with Crippen LogP contribution in [-0.2, 0) is 6.54 Å². The molecular weight excluding hydrogens is 229 g/mol. The molecular formula is C15H24FNO. The lowest BCUT2D eigenvalue weighted by molar-refractivity contribution is 0.0668. The van der Waals surface area contributed by atoms with Crippen LogP contribution in [0.5, 0.6) is 0 Å². The Morgan fingerprint density at radius 2 is 2.06 bits per heavy atom. The molecule has 1 atom stereocenters. The van der Waals surface area contributed by atoms with E-state index in [1.165, 1.54) is 6.07 Å². The lowest BCUT2D eigenvalue weighted by Gasteiger charge is -2.30. The molecule has 1 aliphatic rings. The third-order valence-corrected chi connectivity index (χ3v) is 2.99. The van der Waals surface area contributed by atoms with Gasteiger partial charge in [-0.25, -0.2) is 4.39 Å². The molecule has 1 aliphatic heterocycles. The highest BCUT2D eigenvalue weighted by atomic mass is 19.1. The largest absolute Gasteiger partial charge is 0.392 e. The Bertz CT molecular complexity index is 347. The lowest BCUT2D eigenvalue weighted by Crippen LogP contribution is -2.37. The second-order valence-corrected chi connectivity index (χ2v) is 4.67. The van der Waals surface area contributed by atoms with Crippen molar-refractivity contribution in [2.24, 2.45) is 0 Å². The summed E-state index contributed by atoms with van der Waals surface area (Å²) in [5, 5.41) is 9.55. The topological polar surface area (TPSA) is 23.5 Å². The van der Waals surface area contributed by atoms with Gasteiger partial charge in [0.05, 0.1) is 6.10 Å². The van der Waals surface area contributed by atoms with Gasteiger partial charge in [0.15, 0.2) is 0 Å². The van der Waals surface area contributed by atoms with E-state index in [0.29, 0.717) is 6.54 Å². The van der Waals surface area contributed by atoms with E-state index < -0.39 is 0 Å². The van der Waals surface area contributed by atoms with Gasteiger partial charge in [0.2, 0.25) is 0 Å². The number of aliphatic hydroxyl groups excluding tert-OH is 1. The normalized spacial score (nSPS) is 20.2. The highest BCUT2D eigenvalue weighted by molar-refractivity contribution is 5.23. The standard InChI is InChI=1S/C13H18FNO.C2H6/c1-10-5-11(7-12(14)6-10)8-15-4-2-3-13(16)9-15;1-2/h5-7,13,16H,2-4,8-9H2,1H3;1-2H3. The SMILES string of the molecule is CC.Cc1cc(F)cc(CN2CCCC(O)C2)c1. The summed E-state index contributed by atoms with van der Waals surface area (Å²) in [4.78, 5) is 2.18. The van der Waals surface area contributed by atoms with Crippen molar-refractivity contribution in [1.29, 1.82) is 0 Å². The molecule has 1 saturated heterocycles. The molecule has 0 radical (unpaired) electrons. The highest BCUT2D eigenvalue weighted by Gasteiger charge is 2.17. The van der Waals surface area contributed by atoms with Crippen LogP contribution in [0, 0.1) is 12.7 Å². The Morgan fingerprint density at radius 1 is 1.33 bits per heavy atom. The first-order valence-corrected chi connectivity index (χ1v) is 6.80. The number of aliphatic hydroxyl groups is 1. The summed E-state index contributed by atoms with van der Waals surface area (Å²) in [6, 6.07) is 5.12. The third kappa shape index (κ3) is 4.75. The number of likely N-dealkylation sites (tertiary alicyclic amines) is 1. The summed E-state index contributed by atoms with van der Waals surface area (Å²) in [7, 11) is 0. The fourth-order valence-corrected chi connectivity index (χ4v) is 2.34. The maximum Gasteiger partial charge on any atom is 0.123 e. The number of benzene rings is 1. The van der Waals surface area contributed by atoms with E-state index >= 15 is 0 Å².